The molecule has 2 N–H and O–H groups in total. The van der Waals surface area contributed by atoms with E-state index >= 15 is 0 Å². The smallest absolute Gasteiger partial charge is 0.274 e. The van der Waals surface area contributed by atoms with Crippen molar-refractivity contribution in [1.82, 2.24) is 20.2 Å². The summed E-state index contributed by atoms with van der Waals surface area (Å²) < 4.78 is 7.20. The van der Waals surface area contributed by atoms with Crippen molar-refractivity contribution in [2.75, 3.05) is 13.7 Å². The summed E-state index contributed by atoms with van der Waals surface area (Å²) in [5.41, 5.74) is 3.33. The minimum absolute atomic E-state index is 0.00650. The van der Waals surface area contributed by atoms with Crippen LogP contribution >= 0.6 is 0 Å². The summed E-state index contributed by atoms with van der Waals surface area (Å²) in [6.07, 6.45) is 4.47. The van der Waals surface area contributed by atoms with E-state index in [1.165, 1.54) is 0 Å². The van der Waals surface area contributed by atoms with Gasteiger partial charge < -0.3 is 14.6 Å². The van der Waals surface area contributed by atoms with E-state index in [0.29, 0.717) is 24.2 Å². The predicted molar refractivity (Wildman–Crippen MR) is 103 cm³/mol. The molecular weight excluding hydrogens is 330 g/mol. The number of amides is 1. The Bertz CT molecular complexity index is 866. The van der Waals surface area contributed by atoms with Gasteiger partial charge in [0.15, 0.2) is 0 Å². The van der Waals surface area contributed by atoms with Crippen molar-refractivity contribution < 1.29 is 9.53 Å². The molecule has 1 aliphatic rings. The van der Waals surface area contributed by atoms with Crippen LogP contribution in [0.15, 0.2) is 35.2 Å². The Hall–Kier alpha value is -2.67. The molecule has 1 amide bonds. The van der Waals surface area contributed by atoms with E-state index in [2.05, 4.69) is 34.5 Å². The first-order chi connectivity index (χ1) is 12.5. The molecule has 1 fully saturated rings. The van der Waals surface area contributed by atoms with E-state index in [1.807, 2.05) is 29.8 Å². The highest BCUT2D eigenvalue weighted by Gasteiger charge is 2.23. The molecule has 138 valence electrons. The number of nitrogens with one attached hydrogen (secondary N) is 2. The third kappa shape index (κ3) is 4.11. The van der Waals surface area contributed by atoms with Gasteiger partial charge in [0.2, 0.25) is 5.96 Å². The highest BCUT2D eigenvalue weighted by Crippen LogP contribution is 2.17. The molecule has 2 aromatic rings. The quantitative estimate of drug-likeness (QED) is 0.777. The zero-order valence-corrected chi connectivity index (χ0v) is 15.6. The fourth-order valence-electron chi connectivity index (χ4n) is 3.04. The average molecular weight is 355 g/mol. The summed E-state index contributed by atoms with van der Waals surface area (Å²) >= 11 is 0. The van der Waals surface area contributed by atoms with Crippen LogP contribution in [0, 0.1) is 5.92 Å². The van der Waals surface area contributed by atoms with Crippen molar-refractivity contribution >= 4 is 29.0 Å². The number of aliphatic imine (C=N–C) groups is 1. The zero-order chi connectivity index (χ0) is 18.7. The van der Waals surface area contributed by atoms with E-state index in [1.54, 1.807) is 19.5 Å². The molecule has 0 aliphatic carbocycles. The molecule has 3 rings (SSSR count). The van der Waals surface area contributed by atoms with Crippen molar-refractivity contribution in [2.24, 2.45) is 18.0 Å². The molecule has 1 aliphatic heterocycles. The van der Waals surface area contributed by atoms with Gasteiger partial charge in [-0.2, -0.15) is 0 Å². The Balaban J connectivity index is 1.79. The number of hydrogen-bond donors (Lipinski definition) is 2. The van der Waals surface area contributed by atoms with Gasteiger partial charge in [-0.25, -0.2) is 9.98 Å². The SMILES string of the molecule is COC[C@@H](CC(C)C)N=C1NC(=O)/C(=C/c2ccc3c(c2)ncn3C)N1. The molecule has 0 spiro atoms. The number of nitrogens with zero attached hydrogens (tertiary/aromatic N) is 3. The molecule has 2 heterocycles. The number of hydrogen-bond acceptors (Lipinski definition) is 4. The van der Waals surface area contributed by atoms with Gasteiger partial charge in [0.25, 0.3) is 5.91 Å². The van der Waals surface area contributed by atoms with Gasteiger partial charge >= 0.3 is 0 Å². The van der Waals surface area contributed by atoms with Gasteiger partial charge in [0.1, 0.15) is 5.70 Å². The van der Waals surface area contributed by atoms with Gasteiger partial charge in [-0.05, 0) is 36.1 Å². The first-order valence-electron chi connectivity index (χ1n) is 8.74. The first kappa shape index (κ1) is 18.1. The van der Waals surface area contributed by atoms with E-state index in [-0.39, 0.29) is 11.9 Å². The fraction of sp³-hybridized carbons (Fsp3) is 0.421. The number of imidazole rings is 1. The molecule has 1 saturated heterocycles. The number of aryl methyl sites for hydroxylation is 1. The number of aromatic nitrogens is 2. The molecule has 0 unspecified atom stereocenters. The van der Waals surface area contributed by atoms with E-state index in [0.717, 1.165) is 23.0 Å². The summed E-state index contributed by atoms with van der Waals surface area (Å²) in [5, 5.41) is 5.86. The lowest BCUT2D eigenvalue weighted by Gasteiger charge is -2.14. The second kappa shape index (κ2) is 7.70. The average Bonchev–Trinajstić information content (AvgIpc) is 3.10. The third-order valence-electron chi connectivity index (χ3n) is 4.20. The summed E-state index contributed by atoms with van der Waals surface area (Å²) in [6.45, 7) is 4.81. The molecule has 1 aromatic heterocycles. The van der Waals surface area contributed by atoms with Gasteiger partial charge in [0.05, 0.1) is 30.0 Å². The number of fused-ring (bicyclic) bond motifs is 1. The lowest BCUT2D eigenvalue weighted by Crippen LogP contribution is -2.29. The maximum Gasteiger partial charge on any atom is 0.274 e. The molecule has 1 atom stereocenters. The van der Waals surface area contributed by atoms with Crippen molar-refractivity contribution in [1.29, 1.82) is 0 Å². The standard InChI is InChI=1S/C19H25N5O2/c1-12(2)7-14(10-26-4)21-19-22-16(18(25)23-19)9-13-5-6-17-15(8-13)20-11-24(17)3/h5-6,8-9,11-12,14H,7,10H2,1-4H3,(H2,21,22,23,25)/b16-9-/t14-/m1/s1. The van der Waals surface area contributed by atoms with Gasteiger partial charge in [-0.3, -0.25) is 10.1 Å². The van der Waals surface area contributed by atoms with Crippen LogP contribution in [0.5, 0.6) is 0 Å². The van der Waals surface area contributed by atoms with Crippen molar-refractivity contribution in [3.05, 3.63) is 35.8 Å². The fourth-order valence-corrected chi connectivity index (χ4v) is 3.04. The van der Waals surface area contributed by atoms with Crippen molar-refractivity contribution in [3.63, 3.8) is 0 Å². The Morgan fingerprint density at radius 1 is 1.35 bits per heavy atom. The number of rotatable bonds is 6. The monoisotopic (exact) mass is 355 g/mol. The van der Waals surface area contributed by atoms with Gasteiger partial charge in [0, 0.05) is 14.2 Å². The van der Waals surface area contributed by atoms with Crippen LogP contribution in [-0.4, -0.2) is 41.2 Å². The molecule has 1 aromatic carbocycles. The number of guanidine groups is 1. The third-order valence-corrected chi connectivity index (χ3v) is 4.20. The highest BCUT2D eigenvalue weighted by molar-refractivity contribution is 6.15. The maximum absolute atomic E-state index is 12.2. The molecular formula is C19H25N5O2. The second-order valence-corrected chi connectivity index (χ2v) is 6.96. The number of carbonyl (C=O) groups excluding carboxylic acids is 1. The Morgan fingerprint density at radius 3 is 2.88 bits per heavy atom. The van der Waals surface area contributed by atoms with Crippen molar-refractivity contribution in [2.45, 2.75) is 26.3 Å². The van der Waals surface area contributed by atoms with E-state index in [4.69, 9.17) is 4.74 Å². The lowest BCUT2D eigenvalue weighted by atomic mass is 10.1. The minimum atomic E-state index is -0.189. The molecule has 26 heavy (non-hydrogen) atoms. The van der Waals surface area contributed by atoms with Crippen LogP contribution < -0.4 is 10.6 Å². The Kier molecular flexibility index (Phi) is 5.37. The minimum Gasteiger partial charge on any atom is -0.382 e. The molecule has 0 radical (unpaired) electrons. The summed E-state index contributed by atoms with van der Waals surface area (Å²) in [5.74, 6) is 0.783. The number of ether oxygens (including phenoxy) is 1. The Labute approximate surface area is 153 Å². The number of methoxy groups -OCH3 is 1. The first-order valence-corrected chi connectivity index (χ1v) is 8.74. The summed E-state index contributed by atoms with van der Waals surface area (Å²) in [6, 6.07) is 5.92. The number of benzene rings is 1. The van der Waals surface area contributed by atoms with Crippen LogP contribution in [0.4, 0.5) is 0 Å². The number of carbonyl (C=O) groups is 1. The predicted octanol–water partition coefficient (Wildman–Crippen LogP) is 2.05. The topological polar surface area (TPSA) is 80.5 Å². The van der Waals surface area contributed by atoms with E-state index < -0.39 is 0 Å². The van der Waals surface area contributed by atoms with E-state index in [9.17, 15) is 4.79 Å². The largest absolute Gasteiger partial charge is 0.382 e. The van der Waals surface area contributed by atoms with Gasteiger partial charge in [-0.1, -0.05) is 19.9 Å². The van der Waals surface area contributed by atoms with Crippen molar-refractivity contribution in [3.8, 4) is 0 Å². The van der Waals surface area contributed by atoms with Crippen LogP contribution in [0.25, 0.3) is 17.1 Å². The maximum atomic E-state index is 12.2. The van der Waals surface area contributed by atoms with Crippen LogP contribution in [-0.2, 0) is 16.6 Å². The molecule has 7 heteroatoms. The van der Waals surface area contributed by atoms with Crippen LogP contribution in [0.1, 0.15) is 25.8 Å². The van der Waals surface area contributed by atoms with Crippen LogP contribution in [0.3, 0.4) is 0 Å². The van der Waals surface area contributed by atoms with Gasteiger partial charge in [-0.15, -0.1) is 0 Å². The molecule has 7 nitrogen and oxygen atoms in total. The Morgan fingerprint density at radius 2 is 2.15 bits per heavy atom. The highest BCUT2D eigenvalue weighted by atomic mass is 16.5. The summed E-state index contributed by atoms with van der Waals surface area (Å²) in [4.78, 5) is 21.2. The lowest BCUT2D eigenvalue weighted by molar-refractivity contribution is -0.115. The van der Waals surface area contributed by atoms with Crippen LogP contribution in [0.2, 0.25) is 0 Å². The normalized spacial score (nSPS) is 18.7. The zero-order valence-electron chi connectivity index (χ0n) is 15.6. The summed E-state index contributed by atoms with van der Waals surface area (Å²) in [7, 11) is 3.61. The molecule has 0 bridgehead atoms. The molecule has 0 saturated carbocycles. The second-order valence-electron chi connectivity index (χ2n) is 6.96.